The van der Waals surface area contributed by atoms with Crippen molar-refractivity contribution in [3.05, 3.63) is 59.9 Å². The summed E-state index contributed by atoms with van der Waals surface area (Å²) in [5.41, 5.74) is 2.36. The van der Waals surface area contributed by atoms with E-state index in [0.717, 1.165) is 30.6 Å². The van der Waals surface area contributed by atoms with E-state index >= 15 is 0 Å². The minimum absolute atomic E-state index is 0.0841. The van der Waals surface area contributed by atoms with Gasteiger partial charge in [0.05, 0.1) is 18.8 Å². The predicted octanol–water partition coefficient (Wildman–Crippen LogP) is 2.86. The fraction of sp³-hybridized carbons (Fsp3) is 0.500. The molecule has 28 heavy (non-hydrogen) atoms. The van der Waals surface area contributed by atoms with Crippen LogP contribution in [0, 0.1) is 0 Å². The van der Waals surface area contributed by atoms with Crippen LogP contribution in [0.1, 0.15) is 36.8 Å². The van der Waals surface area contributed by atoms with Crippen molar-refractivity contribution in [1.29, 1.82) is 0 Å². The van der Waals surface area contributed by atoms with Crippen molar-refractivity contribution >= 4 is 0 Å². The molecule has 0 radical (unpaired) electrons. The van der Waals surface area contributed by atoms with Gasteiger partial charge < -0.3 is 24.4 Å². The maximum Gasteiger partial charge on any atom is 0.160 e. The normalized spacial score (nSPS) is 22.1. The minimum atomic E-state index is -0.463. The Balaban J connectivity index is 1.31. The first-order valence-electron chi connectivity index (χ1n) is 9.89. The average molecular weight is 387 g/mol. The number of pyridine rings is 1. The van der Waals surface area contributed by atoms with Crippen LogP contribution < -0.4 is 4.74 Å². The molecule has 3 rings (SSSR count). The summed E-state index contributed by atoms with van der Waals surface area (Å²) in [5, 5.41) is 18.9. The summed E-state index contributed by atoms with van der Waals surface area (Å²) >= 11 is 0. The molecule has 0 amide bonds. The molecule has 1 aliphatic heterocycles. The zero-order valence-corrected chi connectivity index (χ0v) is 16.1. The van der Waals surface area contributed by atoms with Crippen molar-refractivity contribution in [3.8, 4) is 5.75 Å². The van der Waals surface area contributed by atoms with Crippen LogP contribution in [0.5, 0.6) is 5.75 Å². The summed E-state index contributed by atoms with van der Waals surface area (Å²) < 4.78 is 17.1. The second kappa shape index (κ2) is 11.1. The first kappa shape index (κ1) is 20.7. The summed E-state index contributed by atoms with van der Waals surface area (Å²) in [7, 11) is 0. The molecule has 0 spiro atoms. The van der Waals surface area contributed by atoms with E-state index in [1.54, 1.807) is 12.4 Å². The molecule has 6 nitrogen and oxygen atoms in total. The highest BCUT2D eigenvalue weighted by Crippen LogP contribution is 2.21. The maximum absolute atomic E-state index is 9.77. The molecule has 1 aromatic heterocycles. The van der Waals surface area contributed by atoms with Gasteiger partial charge in [-0.2, -0.15) is 0 Å². The molecule has 2 N–H and O–H groups in total. The van der Waals surface area contributed by atoms with E-state index in [1.807, 2.05) is 24.3 Å². The Morgan fingerprint density at radius 3 is 2.54 bits per heavy atom. The third kappa shape index (κ3) is 6.87. The maximum atomic E-state index is 9.77. The molecule has 6 heteroatoms. The highest BCUT2D eigenvalue weighted by atomic mass is 16.7. The number of nitrogens with zero attached hydrogens (tertiary/aromatic N) is 1. The number of rotatable bonds is 10. The van der Waals surface area contributed by atoms with Gasteiger partial charge in [-0.3, -0.25) is 4.98 Å². The number of aliphatic hydroxyl groups is 2. The molecular formula is C22H29NO5. The zero-order valence-electron chi connectivity index (χ0n) is 16.1. The lowest BCUT2D eigenvalue weighted by molar-refractivity contribution is -0.221. The van der Waals surface area contributed by atoms with E-state index in [2.05, 4.69) is 17.1 Å². The van der Waals surface area contributed by atoms with Crippen molar-refractivity contribution < 1.29 is 24.4 Å². The molecule has 152 valence electrons. The largest absolute Gasteiger partial charge is 0.489 e. The van der Waals surface area contributed by atoms with Crippen LogP contribution in [0.2, 0.25) is 0 Å². The van der Waals surface area contributed by atoms with Crippen molar-refractivity contribution in [1.82, 2.24) is 4.98 Å². The monoisotopic (exact) mass is 387 g/mol. The number of benzene rings is 1. The SMILES string of the molecule is OCC1CC(O)CC(OCCCCc2ccc(OCc3ccncc3)cc2)O1. The van der Waals surface area contributed by atoms with Crippen molar-refractivity contribution in [2.75, 3.05) is 13.2 Å². The van der Waals surface area contributed by atoms with Gasteiger partial charge in [0.2, 0.25) is 0 Å². The minimum Gasteiger partial charge on any atom is -0.489 e. The third-order valence-electron chi connectivity index (χ3n) is 4.79. The van der Waals surface area contributed by atoms with E-state index in [4.69, 9.17) is 14.2 Å². The Kier molecular flexibility index (Phi) is 8.23. The molecule has 0 saturated carbocycles. The number of hydrogen-bond acceptors (Lipinski definition) is 6. The number of unbranched alkanes of at least 4 members (excludes halogenated alkanes) is 1. The Morgan fingerprint density at radius 1 is 1.00 bits per heavy atom. The van der Waals surface area contributed by atoms with Crippen LogP contribution in [0.4, 0.5) is 0 Å². The highest BCUT2D eigenvalue weighted by molar-refractivity contribution is 5.27. The number of aliphatic hydroxyl groups excluding tert-OH is 2. The van der Waals surface area contributed by atoms with Gasteiger partial charge >= 0.3 is 0 Å². The van der Waals surface area contributed by atoms with Gasteiger partial charge in [0.15, 0.2) is 6.29 Å². The van der Waals surface area contributed by atoms with Crippen molar-refractivity contribution in [3.63, 3.8) is 0 Å². The smallest absolute Gasteiger partial charge is 0.160 e. The van der Waals surface area contributed by atoms with Crippen molar-refractivity contribution in [2.24, 2.45) is 0 Å². The second-order valence-corrected chi connectivity index (χ2v) is 7.11. The van der Waals surface area contributed by atoms with Gasteiger partial charge in [-0.1, -0.05) is 12.1 Å². The molecular weight excluding hydrogens is 358 g/mol. The van der Waals surface area contributed by atoms with Crippen LogP contribution in [-0.4, -0.2) is 46.9 Å². The number of aromatic nitrogens is 1. The van der Waals surface area contributed by atoms with E-state index in [1.165, 1.54) is 5.56 Å². The lowest BCUT2D eigenvalue weighted by Gasteiger charge is -2.32. The van der Waals surface area contributed by atoms with Crippen LogP contribution in [0.25, 0.3) is 0 Å². The average Bonchev–Trinajstić information content (AvgIpc) is 2.73. The first-order valence-corrected chi connectivity index (χ1v) is 9.89. The van der Waals surface area contributed by atoms with Gasteiger partial charge in [0, 0.05) is 31.8 Å². The van der Waals surface area contributed by atoms with Gasteiger partial charge in [0.1, 0.15) is 12.4 Å². The van der Waals surface area contributed by atoms with E-state index in [0.29, 0.717) is 26.1 Å². The molecule has 2 aromatic rings. The number of ether oxygens (including phenoxy) is 3. The zero-order chi connectivity index (χ0) is 19.6. The molecule has 0 bridgehead atoms. The van der Waals surface area contributed by atoms with Crippen LogP contribution in [0.3, 0.4) is 0 Å². The Labute approximate surface area is 166 Å². The molecule has 1 aliphatic rings. The fourth-order valence-electron chi connectivity index (χ4n) is 3.22. The molecule has 3 atom stereocenters. The summed E-state index contributed by atoms with van der Waals surface area (Å²) in [4.78, 5) is 4.00. The molecule has 3 unspecified atom stereocenters. The summed E-state index contributed by atoms with van der Waals surface area (Å²) in [6.45, 7) is 1.04. The second-order valence-electron chi connectivity index (χ2n) is 7.11. The lowest BCUT2D eigenvalue weighted by Crippen LogP contribution is -2.39. The predicted molar refractivity (Wildman–Crippen MR) is 105 cm³/mol. The van der Waals surface area contributed by atoms with E-state index < -0.39 is 12.4 Å². The van der Waals surface area contributed by atoms with Crippen LogP contribution in [-0.2, 0) is 22.5 Å². The molecule has 2 heterocycles. The van der Waals surface area contributed by atoms with E-state index in [9.17, 15) is 10.2 Å². The van der Waals surface area contributed by atoms with Crippen LogP contribution >= 0.6 is 0 Å². The third-order valence-corrected chi connectivity index (χ3v) is 4.79. The van der Waals surface area contributed by atoms with Crippen molar-refractivity contribution in [2.45, 2.75) is 57.2 Å². The van der Waals surface area contributed by atoms with Crippen LogP contribution in [0.15, 0.2) is 48.8 Å². The topological polar surface area (TPSA) is 81.0 Å². The Bertz CT molecular complexity index is 679. The molecule has 1 fully saturated rings. The van der Waals surface area contributed by atoms with Gasteiger partial charge in [-0.25, -0.2) is 0 Å². The highest BCUT2D eigenvalue weighted by Gasteiger charge is 2.28. The summed E-state index contributed by atoms with van der Waals surface area (Å²) in [5.74, 6) is 0.857. The Morgan fingerprint density at radius 2 is 1.79 bits per heavy atom. The standard InChI is InChI=1S/C22H29NO5/c24-15-21-13-19(25)14-22(28-21)26-12-2-1-3-17-4-6-20(7-5-17)27-16-18-8-10-23-11-9-18/h4-11,19,21-22,24-25H,1-3,12-16H2. The number of aryl methyl sites for hydroxylation is 1. The van der Waals surface area contributed by atoms with Gasteiger partial charge in [-0.05, 0) is 54.7 Å². The quantitative estimate of drug-likeness (QED) is 0.610. The summed E-state index contributed by atoms with van der Waals surface area (Å²) in [6.07, 6.45) is 6.16. The first-order chi connectivity index (χ1) is 13.7. The van der Waals surface area contributed by atoms with Gasteiger partial charge in [-0.15, -0.1) is 0 Å². The summed E-state index contributed by atoms with van der Waals surface area (Å²) in [6, 6.07) is 12.1. The lowest BCUT2D eigenvalue weighted by atomic mass is 10.1. The number of hydrogen-bond donors (Lipinski definition) is 2. The van der Waals surface area contributed by atoms with E-state index in [-0.39, 0.29) is 12.7 Å². The Hall–Kier alpha value is -1.99. The van der Waals surface area contributed by atoms with Gasteiger partial charge in [0.25, 0.3) is 0 Å². The fourth-order valence-corrected chi connectivity index (χ4v) is 3.22. The molecule has 0 aliphatic carbocycles. The molecule has 1 saturated heterocycles. The molecule has 1 aromatic carbocycles.